The predicted octanol–water partition coefficient (Wildman–Crippen LogP) is 1.94. The molecule has 2 N–H and O–H groups in total. The molecule has 0 aliphatic heterocycles. The summed E-state index contributed by atoms with van der Waals surface area (Å²) < 4.78 is 1.14. The van der Waals surface area contributed by atoms with E-state index in [4.69, 9.17) is 0 Å². The quantitative estimate of drug-likeness (QED) is 0.795. The zero-order chi connectivity index (χ0) is 12.0. The predicted molar refractivity (Wildman–Crippen MR) is 69.2 cm³/mol. The lowest BCUT2D eigenvalue weighted by Crippen LogP contribution is -2.16. The molecule has 16 heavy (non-hydrogen) atoms. The number of carbonyl (C=O) groups is 1. The Bertz CT molecular complexity index is 373. The van der Waals surface area contributed by atoms with E-state index in [9.17, 15) is 4.79 Å². The fourth-order valence-electron chi connectivity index (χ4n) is 1.05. The molecule has 0 aliphatic rings. The monoisotopic (exact) mass is 350 g/mol. The lowest BCUT2D eigenvalue weighted by molar-refractivity contribution is -0.116. The number of nitrogens with one attached hydrogen (secondary N) is 2. The molecule has 1 heterocycles. The first-order chi connectivity index (χ1) is 7.63. The number of carbonyl (C=O) groups excluding carboxylic acids is 1. The number of hydrogen-bond acceptors (Lipinski definition) is 4. The number of rotatable bonds is 5. The lowest BCUT2D eigenvalue weighted by atomic mass is 10.3. The van der Waals surface area contributed by atoms with Crippen LogP contribution < -0.4 is 10.6 Å². The van der Waals surface area contributed by atoms with E-state index in [0.717, 1.165) is 13.0 Å². The topological polar surface area (TPSA) is 66.9 Å². The van der Waals surface area contributed by atoms with Crippen molar-refractivity contribution in [2.45, 2.75) is 12.8 Å². The van der Waals surface area contributed by atoms with Gasteiger partial charge in [-0.1, -0.05) is 0 Å². The Hall–Kier alpha value is -0.530. The van der Waals surface area contributed by atoms with Crippen LogP contribution in [0, 0.1) is 0 Å². The van der Waals surface area contributed by atoms with Gasteiger partial charge in [-0.2, -0.15) is 0 Å². The van der Waals surface area contributed by atoms with E-state index >= 15 is 0 Å². The SMILES string of the molecule is CNCCCC(=O)Nc1ncc(Br)nc1Br. The maximum Gasteiger partial charge on any atom is 0.225 e. The summed E-state index contributed by atoms with van der Waals surface area (Å²) in [6, 6.07) is 0. The smallest absolute Gasteiger partial charge is 0.225 e. The van der Waals surface area contributed by atoms with Crippen LogP contribution in [0.3, 0.4) is 0 Å². The van der Waals surface area contributed by atoms with Crippen LogP contribution in [0.2, 0.25) is 0 Å². The second kappa shape index (κ2) is 6.93. The van der Waals surface area contributed by atoms with Gasteiger partial charge in [-0.25, -0.2) is 9.97 Å². The Labute approximate surface area is 111 Å². The summed E-state index contributed by atoms with van der Waals surface area (Å²) in [6.07, 6.45) is 2.79. The average molecular weight is 352 g/mol. The first-order valence-corrected chi connectivity index (χ1v) is 6.34. The molecule has 1 aromatic heterocycles. The van der Waals surface area contributed by atoms with E-state index in [1.807, 2.05) is 7.05 Å². The molecule has 0 bridgehead atoms. The second-order valence-corrected chi connectivity index (χ2v) is 4.65. The zero-order valence-corrected chi connectivity index (χ0v) is 11.9. The van der Waals surface area contributed by atoms with Crippen LogP contribution in [0.1, 0.15) is 12.8 Å². The lowest BCUT2D eigenvalue weighted by Gasteiger charge is -2.05. The van der Waals surface area contributed by atoms with Gasteiger partial charge in [-0.3, -0.25) is 4.79 Å². The van der Waals surface area contributed by atoms with Crippen LogP contribution in [0.5, 0.6) is 0 Å². The highest BCUT2D eigenvalue weighted by molar-refractivity contribution is 9.11. The molecule has 0 aliphatic carbocycles. The largest absolute Gasteiger partial charge is 0.320 e. The highest BCUT2D eigenvalue weighted by atomic mass is 79.9. The molecule has 1 aromatic rings. The van der Waals surface area contributed by atoms with Crippen LogP contribution in [-0.4, -0.2) is 29.5 Å². The fourth-order valence-corrected chi connectivity index (χ4v) is 1.96. The van der Waals surface area contributed by atoms with Crippen LogP contribution in [0.4, 0.5) is 5.82 Å². The number of nitrogens with zero attached hydrogens (tertiary/aromatic N) is 2. The van der Waals surface area contributed by atoms with E-state index in [0.29, 0.717) is 21.4 Å². The summed E-state index contributed by atoms with van der Waals surface area (Å²) in [5.41, 5.74) is 0. The van der Waals surface area contributed by atoms with Gasteiger partial charge in [0.05, 0.1) is 6.20 Å². The van der Waals surface area contributed by atoms with Gasteiger partial charge in [-0.15, -0.1) is 0 Å². The minimum Gasteiger partial charge on any atom is -0.320 e. The Morgan fingerprint density at radius 1 is 1.50 bits per heavy atom. The number of anilines is 1. The van der Waals surface area contributed by atoms with Gasteiger partial charge in [0.15, 0.2) is 5.82 Å². The fraction of sp³-hybridized carbons (Fsp3) is 0.444. The number of amides is 1. The van der Waals surface area contributed by atoms with Crippen molar-refractivity contribution in [1.29, 1.82) is 0 Å². The summed E-state index contributed by atoms with van der Waals surface area (Å²) in [7, 11) is 1.86. The first-order valence-electron chi connectivity index (χ1n) is 4.76. The first kappa shape index (κ1) is 13.5. The van der Waals surface area contributed by atoms with Crippen molar-refractivity contribution in [3.8, 4) is 0 Å². The van der Waals surface area contributed by atoms with Gasteiger partial charge in [0.1, 0.15) is 9.21 Å². The molecular weight excluding hydrogens is 340 g/mol. The molecule has 0 spiro atoms. The van der Waals surface area contributed by atoms with Crippen molar-refractivity contribution in [3.63, 3.8) is 0 Å². The highest BCUT2D eigenvalue weighted by Crippen LogP contribution is 2.19. The minimum atomic E-state index is -0.0624. The van der Waals surface area contributed by atoms with E-state index in [2.05, 4.69) is 52.5 Å². The van der Waals surface area contributed by atoms with Crippen molar-refractivity contribution in [2.75, 3.05) is 18.9 Å². The minimum absolute atomic E-state index is 0.0624. The molecule has 0 aromatic carbocycles. The van der Waals surface area contributed by atoms with Crippen molar-refractivity contribution in [3.05, 3.63) is 15.4 Å². The van der Waals surface area contributed by atoms with Crippen molar-refractivity contribution < 1.29 is 4.79 Å². The average Bonchev–Trinajstić information content (AvgIpc) is 2.23. The second-order valence-electron chi connectivity index (χ2n) is 3.09. The van der Waals surface area contributed by atoms with E-state index in [-0.39, 0.29) is 5.91 Å². The van der Waals surface area contributed by atoms with Crippen molar-refractivity contribution >= 4 is 43.6 Å². The number of aromatic nitrogens is 2. The summed E-state index contributed by atoms with van der Waals surface area (Å²) in [5, 5.41) is 5.67. The van der Waals surface area contributed by atoms with Gasteiger partial charge < -0.3 is 10.6 Å². The van der Waals surface area contributed by atoms with E-state index < -0.39 is 0 Å². The molecule has 0 saturated heterocycles. The van der Waals surface area contributed by atoms with Gasteiger partial charge in [0.25, 0.3) is 0 Å². The molecule has 88 valence electrons. The molecule has 0 fully saturated rings. The summed E-state index contributed by atoms with van der Waals surface area (Å²) in [5.74, 6) is 0.380. The summed E-state index contributed by atoms with van der Waals surface area (Å²) in [4.78, 5) is 19.6. The highest BCUT2D eigenvalue weighted by Gasteiger charge is 2.07. The molecular formula is C9H12Br2N4O. The Balaban J connectivity index is 2.49. The molecule has 0 unspecified atom stereocenters. The van der Waals surface area contributed by atoms with Gasteiger partial charge in [-0.05, 0) is 51.9 Å². The van der Waals surface area contributed by atoms with Crippen LogP contribution in [-0.2, 0) is 4.79 Å². The van der Waals surface area contributed by atoms with Crippen LogP contribution in [0.25, 0.3) is 0 Å². The standard InChI is InChI=1S/C9H12Br2N4O/c1-12-4-2-3-7(16)15-9-8(11)14-6(10)5-13-9/h5,12H,2-4H2,1H3,(H,13,15,16). The van der Waals surface area contributed by atoms with Crippen molar-refractivity contribution in [2.24, 2.45) is 0 Å². The molecule has 0 atom stereocenters. The normalized spacial score (nSPS) is 10.2. The maximum atomic E-state index is 11.5. The van der Waals surface area contributed by atoms with E-state index in [1.165, 1.54) is 6.20 Å². The Morgan fingerprint density at radius 2 is 2.25 bits per heavy atom. The third-order valence-electron chi connectivity index (χ3n) is 1.79. The Morgan fingerprint density at radius 3 is 2.88 bits per heavy atom. The Kier molecular flexibility index (Phi) is 5.86. The summed E-state index contributed by atoms with van der Waals surface area (Å²) in [6.45, 7) is 0.820. The molecule has 0 saturated carbocycles. The molecule has 0 radical (unpaired) electrons. The molecule has 1 rings (SSSR count). The van der Waals surface area contributed by atoms with Gasteiger partial charge >= 0.3 is 0 Å². The van der Waals surface area contributed by atoms with Crippen molar-refractivity contribution in [1.82, 2.24) is 15.3 Å². The zero-order valence-electron chi connectivity index (χ0n) is 8.76. The third-order valence-corrected chi connectivity index (χ3v) is 2.72. The molecule has 1 amide bonds. The third kappa shape index (κ3) is 4.54. The van der Waals surface area contributed by atoms with Gasteiger partial charge in [0.2, 0.25) is 5.91 Å². The molecule has 7 heteroatoms. The van der Waals surface area contributed by atoms with Gasteiger partial charge in [0, 0.05) is 6.42 Å². The van der Waals surface area contributed by atoms with E-state index in [1.54, 1.807) is 0 Å². The van der Waals surface area contributed by atoms with Crippen LogP contribution in [0.15, 0.2) is 15.4 Å². The number of hydrogen-bond donors (Lipinski definition) is 2. The summed E-state index contributed by atoms with van der Waals surface area (Å²) >= 11 is 6.42. The molecule has 5 nitrogen and oxygen atoms in total. The maximum absolute atomic E-state index is 11.5. The number of halogens is 2. The van der Waals surface area contributed by atoms with Crippen LogP contribution >= 0.6 is 31.9 Å².